The van der Waals surface area contributed by atoms with Crippen LogP contribution in [-0.4, -0.2) is 54.9 Å². The van der Waals surface area contributed by atoms with E-state index in [2.05, 4.69) is 13.6 Å². The zero-order chi connectivity index (χ0) is 22.8. The molecule has 6 N–H and O–H groups in total. The van der Waals surface area contributed by atoms with Crippen LogP contribution in [0.2, 0.25) is 0 Å². The molecule has 17 nitrogen and oxygen atoms in total. The number of aromatic nitrogens is 4. The average molecular weight is 482 g/mol. The fourth-order valence-corrected chi connectivity index (χ4v) is 4.50. The number of hydrogen-bond donors (Lipinski definition) is 6. The molecule has 2 aromatic rings. The summed E-state index contributed by atoms with van der Waals surface area (Å²) in [5.41, 5.74) is -0.181. The van der Waals surface area contributed by atoms with Gasteiger partial charge < -0.3 is 34.1 Å². The second-order valence-corrected chi connectivity index (χ2v) is 9.37. The molecule has 2 aromatic heterocycles. The topological polar surface area (TPSA) is 253 Å². The second kappa shape index (κ2) is 9.12. The summed E-state index contributed by atoms with van der Waals surface area (Å²) in [6.07, 6.45) is 1.47. The SMILES string of the molecule is Cn1c(=O)c2c(ncn2C)n(CCO)c1=O.O=P(O)(O)OP(=O)(O)OP(=O)(O)O. The zero-order valence-electron chi connectivity index (χ0n) is 14.7. The van der Waals surface area contributed by atoms with Gasteiger partial charge in [-0.25, -0.2) is 23.5 Å². The van der Waals surface area contributed by atoms with E-state index in [4.69, 9.17) is 29.6 Å². The van der Waals surface area contributed by atoms with Crippen molar-refractivity contribution in [3.8, 4) is 0 Å². The molecule has 0 bridgehead atoms. The van der Waals surface area contributed by atoms with E-state index in [-0.39, 0.29) is 18.7 Å². The molecule has 0 saturated heterocycles. The summed E-state index contributed by atoms with van der Waals surface area (Å²) in [7, 11) is -13.1. The molecule has 0 spiro atoms. The number of rotatable bonds is 6. The van der Waals surface area contributed by atoms with Crippen LogP contribution >= 0.6 is 23.5 Å². The number of hydrogen-bond acceptors (Lipinski definition) is 9. The van der Waals surface area contributed by atoms with Crippen molar-refractivity contribution in [3.63, 3.8) is 0 Å². The Morgan fingerprint density at radius 1 is 1.00 bits per heavy atom. The number of phosphoric acid groups is 3. The summed E-state index contributed by atoms with van der Waals surface area (Å²) < 4.78 is 40.2. The molecule has 0 saturated carbocycles. The van der Waals surface area contributed by atoms with E-state index >= 15 is 0 Å². The van der Waals surface area contributed by atoms with Gasteiger partial charge in [-0.1, -0.05) is 0 Å². The van der Waals surface area contributed by atoms with Gasteiger partial charge in [0.05, 0.1) is 19.5 Å². The van der Waals surface area contributed by atoms with Crippen LogP contribution < -0.4 is 11.2 Å². The van der Waals surface area contributed by atoms with E-state index in [1.165, 1.54) is 17.9 Å². The number of aryl methyl sites for hydroxylation is 1. The van der Waals surface area contributed by atoms with Crippen molar-refractivity contribution in [2.75, 3.05) is 6.61 Å². The van der Waals surface area contributed by atoms with E-state index in [0.717, 1.165) is 4.57 Å². The Balaban J connectivity index is 0.000000298. The number of aliphatic hydroxyl groups is 1. The second-order valence-electron chi connectivity index (χ2n) is 5.16. The van der Waals surface area contributed by atoms with Crippen molar-refractivity contribution in [2.24, 2.45) is 14.1 Å². The Morgan fingerprint density at radius 3 is 1.90 bits per heavy atom. The lowest BCUT2D eigenvalue weighted by Gasteiger charge is -2.11. The Morgan fingerprint density at radius 2 is 1.48 bits per heavy atom. The summed E-state index contributed by atoms with van der Waals surface area (Å²) in [6.45, 7) is -0.0513. The number of imidazole rings is 1. The third kappa shape index (κ3) is 7.37. The van der Waals surface area contributed by atoms with E-state index in [0.29, 0.717) is 11.2 Å². The first kappa shape index (κ1) is 25.6. The lowest BCUT2D eigenvalue weighted by molar-refractivity contribution is 0.204. The predicted molar refractivity (Wildman–Crippen MR) is 93.4 cm³/mol. The van der Waals surface area contributed by atoms with Crippen molar-refractivity contribution >= 4 is 34.6 Å². The molecule has 0 atom stereocenters. The van der Waals surface area contributed by atoms with Gasteiger partial charge in [-0.2, -0.15) is 8.62 Å². The summed E-state index contributed by atoms with van der Waals surface area (Å²) in [4.78, 5) is 67.8. The first-order valence-electron chi connectivity index (χ1n) is 7.07. The highest BCUT2D eigenvalue weighted by atomic mass is 31.3. The standard InChI is InChI=1S/C9H12N4O3.H5O10P3/c1-11-5-10-7-6(11)8(15)12(2)9(16)13(7)3-4-14;1-11(2,3)9-13(7,8)10-12(4,5)6/h5,14H,3-4H2,1-2H3;(H,7,8)(H2,1,2,3)(H2,4,5,6). The molecule has 166 valence electrons. The highest BCUT2D eigenvalue weighted by Gasteiger charge is 2.38. The molecule has 0 aromatic carbocycles. The fourth-order valence-electron chi connectivity index (χ4n) is 1.96. The molecule has 29 heavy (non-hydrogen) atoms. The molecule has 0 unspecified atom stereocenters. The normalized spacial score (nSPS) is 12.7. The predicted octanol–water partition coefficient (Wildman–Crippen LogP) is -2.27. The lowest BCUT2D eigenvalue weighted by atomic mass is 10.5. The maximum Gasteiger partial charge on any atom is 0.490 e. The van der Waals surface area contributed by atoms with Crippen LogP contribution in [0.25, 0.3) is 11.2 Å². The van der Waals surface area contributed by atoms with Gasteiger partial charge in [0.25, 0.3) is 5.56 Å². The van der Waals surface area contributed by atoms with Gasteiger partial charge in [-0.05, 0) is 0 Å². The first-order valence-corrected chi connectivity index (χ1v) is 11.6. The van der Waals surface area contributed by atoms with Crippen molar-refractivity contribution in [3.05, 3.63) is 27.2 Å². The molecule has 0 fully saturated rings. The molecular formula is C9H17N4O13P3. The van der Waals surface area contributed by atoms with Crippen LogP contribution in [-0.2, 0) is 43.0 Å². The third-order valence-corrected chi connectivity index (χ3v) is 6.29. The van der Waals surface area contributed by atoms with E-state index < -0.39 is 29.2 Å². The van der Waals surface area contributed by atoms with Gasteiger partial charge in [0.2, 0.25) is 0 Å². The summed E-state index contributed by atoms with van der Waals surface area (Å²) >= 11 is 0. The highest BCUT2D eigenvalue weighted by molar-refractivity contribution is 7.66. The minimum Gasteiger partial charge on any atom is -0.395 e. The Kier molecular flexibility index (Phi) is 8.04. The Bertz CT molecular complexity index is 1110. The van der Waals surface area contributed by atoms with Crippen molar-refractivity contribution in [1.82, 2.24) is 18.7 Å². The zero-order valence-corrected chi connectivity index (χ0v) is 17.3. The van der Waals surface area contributed by atoms with E-state index in [1.54, 1.807) is 11.6 Å². The monoisotopic (exact) mass is 482 g/mol. The molecule has 0 amide bonds. The number of fused-ring (bicyclic) bond motifs is 1. The Labute approximate surface area is 160 Å². The lowest BCUT2D eigenvalue weighted by Crippen LogP contribution is -2.39. The van der Waals surface area contributed by atoms with Gasteiger partial charge in [-0.3, -0.25) is 13.9 Å². The number of nitrogens with zero attached hydrogens (tertiary/aromatic N) is 4. The van der Waals surface area contributed by atoms with E-state index in [1.807, 2.05) is 0 Å². The molecule has 0 aliphatic heterocycles. The van der Waals surface area contributed by atoms with Gasteiger partial charge in [0, 0.05) is 14.1 Å². The molecule has 0 aliphatic rings. The van der Waals surface area contributed by atoms with Crippen LogP contribution in [0.4, 0.5) is 0 Å². The van der Waals surface area contributed by atoms with Gasteiger partial charge in [-0.15, -0.1) is 0 Å². The van der Waals surface area contributed by atoms with Crippen molar-refractivity contribution in [1.29, 1.82) is 0 Å². The third-order valence-electron chi connectivity index (χ3n) is 2.94. The van der Waals surface area contributed by atoms with Crippen LogP contribution in [0, 0.1) is 0 Å². The number of aliphatic hydroxyl groups excluding tert-OH is 1. The fraction of sp³-hybridized carbons (Fsp3) is 0.444. The maximum atomic E-state index is 11.8. The maximum absolute atomic E-state index is 11.8. The van der Waals surface area contributed by atoms with Crippen LogP contribution in [0.1, 0.15) is 0 Å². The Hall–Kier alpha value is -1.48. The van der Waals surface area contributed by atoms with Crippen molar-refractivity contribution < 1.29 is 51.9 Å². The van der Waals surface area contributed by atoms with Gasteiger partial charge >= 0.3 is 29.2 Å². The summed E-state index contributed by atoms with van der Waals surface area (Å²) in [6, 6.07) is 0. The van der Waals surface area contributed by atoms with Crippen LogP contribution in [0.15, 0.2) is 15.9 Å². The van der Waals surface area contributed by atoms with Crippen molar-refractivity contribution in [2.45, 2.75) is 6.54 Å². The minimum absolute atomic E-state index is 0.125. The van der Waals surface area contributed by atoms with Gasteiger partial charge in [0.1, 0.15) is 0 Å². The minimum atomic E-state index is -5.46. The molecule has 20 heteroatoms. The molecule has 2 heterocycles. The summed E-state index contributed by atoms with van der Waals surface area (Å²) in [5.74, 6) is 0. The smallest absolute Gasteiger partial charge is 0.395 e. The highest BCUT2D eigenvalue weighted by Crippen LogP contribution is 2.64. The van der Waals surface area contributed by atoms with Crippen LogP contribution in [0.5, 0.6) is 0 Å². The summed E-state index contributed by atoms with van der Waals surface area (Å²) in [5, 5.41) is 8.89. The quantitative estimate of drug-likeness (QED) is 0.238. The molecule has 0 aliphatic carbocycles. The van der Waals surface area contributed by atoms with E-state index in [9.17, 15) is 23.3 Å². The van der Waals surface area contributed by atoms with Gasteiger partial charge in [0.15, 0.2) is 11.2 Å². The molecule has 2 rings (SSSR count). The average Bonchev–Trinajstić information content (AvgIpc) is 2.87. The van der Waals surface area contributed by atoms with Crippen LogP contribution in [0.3, 0.4) is 0 Å². The molecule has 0 radical (unpaired) electrons. The largest absolute Gasteiger partial charge is 0.490 e. The first-order chi connectivity index (χ1) is 13.0. The molecular weight excluding hydrogens is 465 g/mol.